The second-order valence-electron chi connectivity index (χ2n) is 10.8. The number of nitrogens with one attached hydrogen (secondary N) is 2. The summed E-state index contributed by atoms with van der Waals surface area (Å²) in [6.07, 6.45) is 4.99. The van der Waals surface area contributed by atoms with Crippen LogP contribution in [0.5, 0.6) is 0 Å². The van der Waals surface area contributed by atoms with Crippen molar-refractivity contribution in [3.05, 3.63) is 85.0 Å². The van der Waals surface area contributed by atoms with Crippen molar-refractivity contribution in [3.63, 3.8) is 0 Å². The number of carbonyl (C=O) groups is 1. The molecule has 41 heavy (non-hydrogen) atoms. The summed E-state index contributed by atoms with van der Waals surface area (Å²) in [5, 5.41) is 3.96. The Bertz CT molecular complexity index is 1770. The van der Waals surface area contributed by atoms with Gasteiger partial charge in [0.05, 0.1) is 17.7 Å². The smallest absolute Gasteiger partial charge is 0.247 e. The number of aryl methyl sites for hydroxylation is 2. The van der Waals surface area contributed by atoms with E-state index in [0.717, 1.165) is 87.8 Å². The molecule has 1 aliphatic rings. The number of hydrogen-bond donors (Lipinski definition) is 2. The van der Waals surface area contributed by atoms with Gasteiger partial charge in [-0.2, -0.15) is 0 Å². The van der Waals surface area contributed by atoms with E-state index >= 15 is 0 Å². The summed E-state index contributed by atoms with van der Waals surface area (Å²) < 4.78 is 2.01. The summed E-state index contributed by atoms with van der Waals surface area (Å²) in [4.78, 5) is 30.1. The summed E-state index contributed by atoms with van der Waals surface area (Å²) in [7, 11) is 4.17. The number of amides is 1. The number of piperazine rings is 1. The average Bonchev–Trinajstić information content (AvgIpc) is 3.53. The molecule has 0 spiro atoms. The van der Waals surface area contributed by atoms with Gasteiger partial charge in [0.25, 0.3) is 0 Å². The molecule has 8 heteroatoms. The minimum Gasteiger partial charge on any atom is -0.369 e. The Morgan fingerprint density at radius 3 is 2.39 bits per heavy atom. The maximum Gasteiger partial charge on any atom is 0.247 e. The first-order chi connectivity index (χ1) is 19.8. The zero-order valence-corrected chi connectivity index (χ0v) is 24.0. The van der Waals surface area contributed by atoms with Gasteiger partial charge in [0, 0.05) is 75.9 Å². The molecular weight excluding hydrogens is 510 g/mol. The van der Waals surface area contributed by atoms with Gasteiger partial charge in [-0.1, -0.05) is 30.8 Å². The molecule has 2 aromatic carbocycles. The summed E-state index contributed by atoms with van der Waals surface area (Å²) in [5.41, 5.74) is 10.8. The lowest BCUT2D eigenvalue weighted by atomic mass is 9.96. The number of pyridine rings is 1. The fourth-order valence-corrected chi connectivity index (χ4v) is 5.49. The van der Waals surface area contributed by atoms with Gasteiger partial charge in [0.2, 0.25) is 5.91 Å². The number of hydrogen-bond acceptors (Lipinski definition) is 5. The van der Waals surface area contributed by atoms with Crippen molar-refractivity contribution in [1.29, 1.82) is 0 Å². The van der Waals surface area contributed by atoms with E-state index in [1.54, 1.807) is 0 Å². The third kappa shape index (κ3) is 5.02. The van der Waals surface area contributed by atoms with Crippen LogP contribution in [0.3, 0.4) is 0 Å². The van der Waals surface area contributed by atoms with E-state index in [9.17, 15) is 4.79 Å². The van der Waals surface area contributed by atoms with Gasteiger partial charge in [-0.25, -0.2) is 9.97 Å². The van der Waals surface area contributed by atoms with Crippen LogP contribution in [0.2, 0.25) is 0 Å². The van der Waals surface area contributed by atoms with Gasteiger partial charge in [0.1, 0.15) is 5.65 Å². The molecular formula is C33H39N7O. The third-order valence-corrected chi connectivity index (χ3v) is 8.15. The Morgan fingerprint density at radius 1 is 0.976 bits per heavy atom. The Morgan fingerprint density at radius 2 is 1.71 bits per heavy atom. The van der Waals surface area contributed by atoms with Gasteiger partial charge < -0.3 is 24.7 Å². The van der Waals surface area contributed by atoms with Crippen LogP contribution in [-0.4, -0.2) is 63.6 Å². The highest BCUT2D eigenvalue weighted by molar-refractivity contribution is 6.05. The molecule has 0 bridgehead atoms. The molecule has 1 saturated heterocycles. The summed E-state index contributed by atoms with van der Waals surface area (Å²) >= 11 is 0. The van der Waals surface area contributed by atoms with E-state index in [2.05, 4.69) is 82.0 Å². The Kier molecular flexibility index (Phi) is 6.93. The minimum atomic E-state index is -0.238. The Balaban J connectivity index is 0.00000212. The molecule has 6 rings (SSSR count). The highest BCUT2D eigenvalue weighted by Gasteiger charge is 2.20. The van der Waals surface area contributed by atoms with Crippen molar-refractivity contribution in [2.45, 2.75) is 13.8 Å². The molecule has 8 nitrogen and oxygen atoms in total. The average molecular weight is 550 g/mol. The van der Waals surface area contributed by atoms with Gasteiger partial charge in [0.15, 0.2) is 0 Å². The zero-order chi connectivity index (χ0) is 28.7. The van der Waals surface area contributed by atoms with Crippen LogP contribution in [0.25, 0.3) is 44.7 Å². The molecule has 0 atom stereocenters. The standard InChI is InChI=1S/C33H35N7O.2H2/c1-6-29(41)36-28-18-24(8-7-21(28)2)30-27-17-25(31-22(3)39(5)20-35-31)19-34-33(27)37-32(30)23-9-11-26(12-10-23)40-15-13-38(4)14-16-40;;/h6-12,17-20H,1,13-16H2,2-5H3,(H,34,37)(H,36,41);2*1H. The zero-order valence-electron chi connectivity index (χ0n) is 24.0. The van der Waals surface area contributed by atoms with Crippen LogP contribution in [0.4, 0.5) is 11.4 Å². The molecule has 2 N–H and O–H groups in total. The number of H-pyrrole nitrogens is 1. The number of nitrogens with zero attached hydrogens (tertiary/aromatic N) is 5. The fraction of sp³-hybridized carbons (Fsp3) is 0.242. The lowest BCUT2D eigenvalue weighted by Crippen LogP contribution is -2.44. The first-order valence-corrected chi connectivity index (χ1v) is 13.9. The van der Waals surface area contributed by atoms with Crippen molar-refractivity contribution in [1.82, 2.24) is 24.4 Å². The fourth-order valence-electron chi connectivity index (χ4n) is 5.49. The van der Waals surface area contributed by atoms with Crippen molar-refractivity contribution < 1.29 is 7.65 Å². The highest BCUT2D eigenvalue weighted by Crippen LogP contribution is 2.41. The summed E-state index contributed by atoms with van der Waals surface area (Å²) in [5.74, 6) is -0.238. The number of aromatic nitrogens is 4. The largest absolute Gasteiger partial charge is 0.369 e. The van der Waals surface area contributed by atoms with Crippen LogP contribution >= 0.6 is 0 Å². The first kappa shape index (κ1) is 26.5. The van der Waals surface area contributed by atoms with Crippen LogP contribution in [-0.2, 0) is 11.8 Å². The van der Waals surface area contributed by atoms with Crippen LogP contribution in [0.15, 0.2) is 73.7 Å². The SMILES string of the molecule is C=CC(=O)Nc1cc(-c2c(-c3ccc(N4CCN(C)CC4)cc3)[nH]c3ncc(-c4ncn(C)c4C)cc23)ccc1C.[HH].[HH]. The Labute approximate surface area is 243 Å². The van der Waals surface area contributed by atoms with Crippen molar-refractivity contribution in [2.75, 3.05) is 43.4 Å². The maximum atomic E-state index is 12.2. The highest BCUT2D eigenvalue weighted by atomic mass is 16.1. The molecule has 4 heterocycles. The number of anilines is 2. The lowest BCUT2D eigenvalue weighted by molar-refractivity contribution is -0.111. The molecule has 0 radical (unpaired) electrons. The van der Waals surface area contributed by atoms with E-state index in [1.807, 2.05) is 43.2 Å². The van der Waals surface area contributed by atoms with Gasteiger partial charge in [-0.15, -0.1) is 0 Å². The number of aromatic amines is 1. The number of likely N-dealkylation sites (N-methyl/N-ethyl adjacent to an activating group) is 1. The summed E-state index contributed by atoms with van der Waals surface area (Å²) in [6, 6.07) is 17.1. The van der Waals surface area contributed by atoms with Gasteiger partial charge in [-0.3, -0.25) is 4.79 Å². The quantitative estimate of drug-likeness (QED) is 0.244. The number of carbonyl (C=O) groups excluding carboxylic acids is 1. The van der Waals surface area contributed by atoms with Crippen LogP contribution < -0.4 is 10.2 Å². The van der Waals surface area contributed by atoms with Crippen LogP contribution in [0.1, 0.15) is 14.1 Å². The molecule has 0 aliphatic carbocycles. The first-order valence-electron chi connectivity index (χ1n) is 13.9. The van der Waals surface area contributed by atoms with Gasteiger partial charge in [-0.05, 0) is 67.9 Å². The molecule has 5 aromatic rings. The van der Waals surface area contributed by atoms with Crippen LogP contribution in [0, 0.1) is 13.8 Å². The van der Waals surface area contributed by atoms with Crippen molar-refractivity contribution in [3.8, 4) is 33.6 Å². The molecule has 1 fully saturated rings. The molecule has 0 saturated carbocycles. The van der Waals surface area contributed by atoms with Crippen molar-refractivity contribution in [2.24, 2.45) is 7.05 Å². The van der Waals surface area contributed by atoms with E-state index in [1.165, 1.54) is 11.8 Å². The maximum absolute atomic E-state index is 12.2. The monoisotopic (exact) mass is 549 g/mol. The number of imidazole rings is 1. The minimum absolute atomic E-state index is 0. The van der Waals surface area contributed by atoms with E-state index in [4.69, 9.17) is 4.98 Å². The molecule has 3 aromatic heterocycles. The summed E-state index contributed by atoms with van der Waals surface area (Å²) in [6.45, 7) is 11.8. The number of benzene rings is 2. The molecule has 0 unspecified atom stereocenters. The molecule has 1 amide bonds. The number of rotatable bonds is 6. The van der Waals surface area contributed by atoms with Crippen molar-refractivity contribution >= 4 is 28.3 Å². The van der Waals surface area contributed by atoms with E-state index in [-0.39, 0.29) is 8.76 Å². The topological polar surface area (TPSA) is 82.1 Å². The second kappa shape index (κ2) is 10.7. The predicted octanol–water partition coefficient (Wildman–Crippen LogP) is 6.28. The number of fused-ring (bicyclic) bond motifs is 1. The molecule has 1 aliphatic heterocycles. The Hall–Kier alpha value is -4.69. The van der Waals surface area contributed by atoms with Gasteiger partial charge >= 0.3 is 0 Å². The van der Waals surface area contributed by atoms with E-state index in [0.29, 0.717) is 0 Å². The lowest BCUT2D eigenvalue weighted by Gasteiger charge is -2.34. The normalized spacial score (nSPS) is 14.0. The second-order valence-corrected chi connectivity index (χ2v) is 10.8. The van der Waals surface area contributed by atoms with E-state index < -0.39 is 0 Å². The third-order valence-electron chi connectivity index (χ3n) is 8.15. The predicted molar refractivity (Wildman–Crippen MR) is 171 cm³/mol. The molecule has 212 valence electrons.